The fourth-order valence-electron chi connectivity index (χ4n) is 3.19. The number of hydrogen-bond donors (Lipinski definition) is 2. The molecule has 0 fully saturated rings. The molecule has 36 heavy (non-hydrogen) atoms. The molecule has 0 atom stereocenters. The fourth-order valence-corrected chi connectivity index (χ4v) is 4.82. The van der Waals surface area contributed by atoms with E-state index in [2.05, 4.69) is 10.6 Å². The lowest BCUT2D eigenvalue weighted by atomic mass is 10.1. The predicted octanol–water partition coefficient (Wildman–Crippen LogP) is 6.79. The highest BCUT2D eigenvalue weighted by Crippen LogP contribution is 2.24. The molecular weight excluding hydrogens is 512 g/mol. The second-order valence-corrected chi connectivity index (χ2v) is 10.1. The molecule has 2 N–H and O–H groups in total. The van der Waals surface area contributed by atoms with Gasteiger partial charge in [0.25, 0.3) is 11.8 Å². The normalized spacial score (nSPS) is 11.1. The summed E-state index contributed by atoms with van der Waals surface area (Å²) in [5.74, 6) is -0.600. The summed E-state index contributed by atoms with van der Waals surface area (Å²) in [6.45, 7) is 0. The number of halogens is 1. The van der Waals surface area contributed by atoms with Gasteiger partial charge in [0.1, 0.15) is 5.70 Å². The Hall–Kier alpha value is -3.65. The number of benzene rings is 3. The third-order valence-electron chi connectivity index (χ3n) is 4.99. The van der Waals surface area contributed by atoms with E-state index < -0.39 is 5.91 Å². The van der Waals surface area contributed by atoms with Crippen LogP contribution in [0.25, 0.3) is 6.08 Å². The number of nitrogens with one attached hydrogen (secondary N) is 2. The molecule has 0 unspecified atom stereocenters. The Kier molecular flexibility index (Phi) is 8.73. The van der Waals surface area contributed by atoms with Crippen LogP contribution in [0.3, 0.4) is 0 Å². The molecule has 3 aromatic carbocycles. The molecule has 180 valence electrons. The largest absolute Gasteiger partial charge is 0.321 e. The van der Waals surface area contributed by atoms with E-state index in [1.807, 2.05) is 29.6 Å². The van der Waals surface area contributed by atoms with Crippen molar-refractivity contribution in [1.82, 2.24) is 5.32 Å². The lowest BCUT2D eigenvalue weighted by Crippen LogP contribution is -2.30. The van der Waals surface area contributed by atoms with Gasteiger partial charge in [0.15, 0.2) is 5.78 Å². The summed E-state index contributed by atoms with van der Waals surface area (Å²) in [6, 6.07) is 26.4. The molecule has 5 nitrogen and oxygen atoms in total. The van der Waals surface area contributed by atoms with Crippen molar-refractivity contribution in [3.05, 3.63) is 123 Å². The van der Waals surface area contributed by atoms with Crippen LogP contribution in [0, 0.1) is 0 Å². The van der Waals surface area contributed by atoms with Crippen molar-refractivity contribution in [3.8, 4) is 0 Å². The second-order valence-electron chi connectivity index (χ2n) is 7.59. The number of amides is 2. The molecule has 8 heteroatoms. The minimum Gasteiger partial charge on any atom is -0.321 e. The van der Waals surface area contributed by atoms with Crippen LogP contribution in [0.4, 0.5) is 5.69 Å². The monoisotopic (exact) mass is 532 g/mol. The van der Waals surface area contributed by atoms with E-state index in [4.69, 9.17) is 11.6 Å². The van der Waals surface area contributed by atoms with Gasteiger partial charge in [0.05, 0.1) is 5.75 Å². The van der Waals surface area contributed by atoms with Crippen LogP contribution in [0.2, 0.25) is 5.02 Å². The van der Waals surface area contributed by atoms with Gasteiger partial charge in [-0.25, -0.2) is 0 Å². The zero-order valence-electron chi connectivity index (χ0n) is 18.9. The van der Waals surface area contributed by atoms with Gasteiger partial charge in [0.2, 0.25) is 0 Å². The molecule has 0 aliphatic heterocycles. The zero-order chi connectivity index (χ0) is 25.3. The Labute approximate surface area is 222 Å². The summed E-state index contributed by atoms with van der Waals surface area (Å²) in [7, 11) is 0. The Bertz CT molecular complexity index is 1390. The third-order valence-corrected chi connectivity index (χ3v) is 7.05. The first-order valence-corrected chi connectivity index (χ1v) is 13.2. The standard InChI is InChI=1S/C28H21ClN2O3S2/c29-21-13-11-19(12-14-21)26(32)18-36-23-9-4-8-22(16-23)30-28(34)25(17-24-10-5-15-35-24)31-27(33)20-6-2-1-3-7-20/h1-17H,18H2,(H,30,34)(H,31,33)/b25-17-. The number of anilines is 1. The van der Waals surface area contributed by atoms with E-state index in [-0.39, 0.29) is 23.1 Å². The van der Waals surface area contributed by atoms with Gasteiger partial charge in [0, 0.05) is 31.6 Å². The van der Waals surface area contributed by atoms with Gasteiger partial charge < -0.3 is 10.6 Å². The van der Waals surface area contributed by atoms with Crippen LogP contribution < -0.4 is 10.6 Å². The molecule has 0 aliphatic rings. The van der Waals surface area contributed by atoms with E-state index in [1.54, 1.807) is 72.8 Å². The number of thioether (sulfide) groups is 1. The van der Waals surface area contributed by atoms with Crippen molar-refractivity contribution in [2.24, 2.45) is 0 Å². The zero-order valence-corrected chi connectivity index (χ0v) is 21.3. The molecule has 4 aromatic rings. The van der Waals surface area contributed by atoms with Gasteiger partial charge in [-0.1, -0.05) is 41.9 Å². The topological polar surface area (TPSA) is 75.3 Å². The third kappa shape index (κ3) is 7.18. The van der Waals surface area contributed by atoms with Gasteiger partial charge in [-0.15, -0.1) is 23.1 Å². The maximum atomic E-state index is 13.1. The number of carbonyl (C=O) groups is 3. The van der Waals surface area contributed by atoms with Gasteiger partial charge in [-0.3, -0.25) is 14.4 Å². The van der Waals surface area contributed by atoms with E-state index in [0.29, 0.717) is 21.8 Å². The molecule has 0 aliphatic carbocycles. The van der Waals surface area contributed by atoms with Crippen molar-refractivity contribution in [2.45, 2.75) is 4.90 Å². The van der Waals surface area contributed by atoms with Crippen LogP contribution in [0.1, 0.15) is 25.6 Å². The van der Waals surface area contributed by atoms with E-state index in [0.717, 1.165) is 9.77 Å². The summed E-state index contributed by atoms with van der Waals surface area (Å²) >= 11 is 8.72. The minimum atomic E-state index is -0.452. The average Bonchev–Trinajstić information content (AvgIpc) is 3.41. The first-order chi connectivity index (χ1) is 17.5. The maximum absolute atomic E-state index is 13.1. The van der Waals surface area contributed by atoms with Crippen LogP contribution >= 0.6 is 34.7 Å². The van der Waals surface area contributed by atoms with E-state index >= 15 is 0 Å². The molecule has 0 spiro atoms. The fraction of sp³-hybridized carbons (Fsp3) is 0.0357. The van der Waals surface area contributed by atoms with Gasteiger partial charge in [-0.05, 0) is 72.1 Å². The van der Waals surface area contributed by atoms with E-state index in [9.17, 15) is 14.4 Å². The Morgan fingerprint density at radius 3 is 2.36 bits per heavy atom. The molecule has 0 bridgehead atoms. The number of rotatable bonds is 9. The first-order valence-electron chi connectivity index (χ1n) is 10.9. The first kappa shape index (κ1) is 25.4. The number of thiophene rings is 1. The summed E-state index contributed by atoms with van der Waals surface area (Å²) in [5, 5.41) is 8.05. The summed E-state index contributed by atoms with van der Waals surface area (Å²) in [6.07, 6.45) is 1.64. The number of ketones is 1. The molecule has 0 radical (unpaired) electrons. The molecule has 0 saturated carbocycles. The highest BCUT2D eigenvalue weighted by Gasteiger charge is 2.16. The maximum Gasteiger partial charge on any atom is 0.272 e. The Morgan fingerprint density at radius 2 is 1.64 bits per heavy atom. The minimum absolute atomic E-state index is 0.0177. The van der Waals surface area contributed by atoms with Crippen LogP contribution in [-0.2, 0) is 4.79 Å². The molecule has 1 aromatic heterocycles. The van der Waals surface area contributed by atoms with Crippen LogP contribution in [-0.4, -0.2) is 23.4 Å². The molecular formula is C28H21ClN2O3S2. The lowest BCUT2D eigenvalue weighted by Gasteiger charge is -2.12. The number of hydrogen-bond acceptors (Lipinski definition) is 5. The van der Waals surface area contributed by atoms with Crippen molar-refractivity contribution in [1.29, 1.82) is 0 Å². The lowest BCUT2D eigenvalue weighted by molar-refractivity contribution is -0.113. The SMILES string of the molecule is O=C(Nc1cccc(SCC(=O)c2ccc(Cl)cc2)c1)/C(=C/c1cccs1)NC(=O)c1ccccc1. The van der Waals surface area contributed by atoms with Crippen molar-refractivity contribution < 1.29 is 14.4 Å². The summed E-state index contributed by atoms with van der Waals surface area (Å²) in [4.78, 5) is 40.0. The molecule has 2 amide bonds. The van der Waals surface area contributed by atoms with Gasteiger partial charge in [-0.2, -0.15) is 0 Å². The van der Waals surface area contributed by atoms with Crippen LogP contribution in [0.15, 0.2) is 107 Å². The van der Waals surface area contributed by atoms with Gasteiger partial charge >= 0.3 is 0 Å². The highest BCUT2D eigenvalue weighted by molar-refractivity contribution is 8.00. The van der Waals surface area contributed by atoms with Crippen LogP contribution in [0.5, 0.6) is 0 Å². The predicted molar refractivity (Wildman–Crippen MR) is 148 cm³/mol. The molecule has 4 rings (SSSR count). The number of carbonyl (C=O) groups excluding carboxylic acids is 3. The molecule has 1 heterocycles. The summed E-state index contributed by atoms with van der Waals surface area (Å²) < 4.78 is 0. The molecule has 0 saturated heterocycles. The Balaban J connectivity index is 1.44. The quantitative estimate of drug-likeness (QED) is 0.141. The smallest absolute Gasteiger partial charge is 0.272 e. The number of Topliss-reactive ketones (excluding diaryl/α,β-unsaturated/α-hetero) is 1. The summed E-state index contributed by atoms with van der Waals surface area (Å²) in [5.41, 5.74) is 1.72. The van der Waals surface area contributed by atoms with Crippen molar-refractivity contribution >= 4 is 64.1 Å². The Morgan fingerprint density at radius 1 is 0.861 bits per heavy atom. The average molecular weight is 533 g/mol. The van der Waals surface area contributed by atoms with Crippen molar-refractivity contribution in [2.75, 3.05) is 11.1 Å². The highest BCUT2D eigenvalue weighted by atomic mass is 35.5. The van der Waals surface area contributed by atoms with Crippen molar-refractivity contribution in [3.63, 3.8) is 0 Å². The second kappa shape index (κ2) is 12.4. The van der Waals surface area contributed by atoms with E-state index in [1.165, 1.54) is 23.1 Å².